The molecule has 1 amide bonds. The number of benzene rings is 2. The number of nitrogens with one attached hydrogen (secondary N) is 2. The number of nitrogens with zero attached hydrogens (tertiary/aromatic N) is 1. The number of rotatable bonds is 8. The molecule has 1 atom stereocenters. The summed E-state index contributed by atoms with van der Waals surface area (Å²) < 4.78 is 11.4. The lowest BCUT2D eigenvalue weighted by Crippen LogP contribution is -2.26. The van der Waals surface area contributed by atoms with Crippen molar-refractivity contribution in [2.45, 2.75) is 39.8 Å². The van der Waals surface area contributed by atoms with Gasteiger partial charge in [0.15, 0.2) is 11.5 Å². The summed E-state index contributed by atoms with van der Waals surface area (Å²) in [4.78, 5) is 17.0. The Hall–Kier alpha value is -2.90. The third-order valence-corrected chi connectivity index (χ3v) is 6.24. The molecule has 4 rings (SSSR count). The fourth-order valence-electron chi connectivity index (χ4n) is 3.70. The van der Waals surface area contributed by atoms with Crippen LogP contribution in [0, 0.1) is 12.8 Å². The van der Waals surface area contributed by atoms with Gasteiger partial charge in [0, 0.05) is 23.7 Å². The molecule has 2 heterocycles. The molecule has 7 heteroatoms. The van der Waals surface area contributed by atoms with E-state index in [1.165, 1.54) is 11.3 Å². The van der Waals surface area contributed by atoms with Gasteiger partial charge in [-0.3, -0.25) is 4.79 Å². The highest BCUT2D eigenvalue weighted by atomic mass is 32.1. The van der Waals surface area contributed by atoms with Crippen molar-refractivity contribution in [3.63, 3.8) is 0 Å². The molecule has 0 bridgehead atoms. The number of fused-ring (bicyclic) bond motifs is 1. The van der Waals surface area contributed by atoms with Gasteiger partial charge < -0.3 is 20.1 Å². The van der Waals surface area contributed by atoms with E-state index in [-0.39, 0.29) is 18.4 Å². The van der Waals surface area contributed by atoms with E-state index >= 15 is 0 Å². The number of carbonyl (C=O) groups excluding carboxylic acids is 1. The van der Waals surface area contributed by atoms with Crippen LogP contribution in [0.15, 0.2) is 47.8 Å². The minimum Gasteiger partial charge on any atom is -0.486 e. The van der Waals surface area contributed by atoms with E-state index in [2.05, 4.69) is 41.6 Å². The number of anilines is 1. The van der Waals surface area contributed by atoms with Crippen molar-refractivity contribution >= 4 is 22.9 Å². The largest absolute Gasteiger partial charge is 0.486 e. The molecule has 0 radical (unpaired) electrons. The van der Waals surface area contributed by atoms with E-state index in [0.29, 0.717) is 25.7 Å². The number of thiazole rings is 1. The van der Waals surface area contributed by atoms with Crippen molar-refractivity contribution in [2.24, 2.45) is 5.92 Å². The van der Waals surface area contributed by atoms with Crippen molar-refractivity contribution in [3.05, 3.63) is 69.7 Å². The summed E-state index contributed by atoms with van der Waals surface area (Å²) in [5.41, 5.74) is 4.07. The summed E-state index contributed by atoms with van der Waals surface area (Å²) in [6, 6.07) is 14.1. The Morgan fingerprint density at radius 1 is 1.09 bits per heavy atom. The Morgan fingerprint density at radius 2 is 1.84 bits per heavy atom. The number of amides is 1. The first-order valence-electron chi connectivity index (χ1n) is 10.9. The van der Waals surface area contributed by atoms with Gasteiger partial charge in [0.05, 0.1) is 12.1 Å². The summed E-state index contributed by atoms with van der Waals surface area (Å²) in [7, 11) is 0. The van der Waals surface area contributed by atoms with Crippen molar-refractivity contribution in [2.75, 3.05) is 18.5 Å². The highest BCUT2D eigenvalue weighted by molar-refractivity contribution is 7.09. The maximum absolute atomic E-state index is 12.4. The maximum Gasteiger partial charge on any atom is 0.231 e. The number of aryl methyl sites for hydroxylation is 1. The fraction of sp³-hybridized carbons (Fsp3) is 0.360. The topological polar surface area (TPSA) is 72.5 Å². The monoisotopic (exact) mass is 451 g/mol. The van der Waals surface area contributed by atoms with Crippen LogP contribution in [-0.2, 0) is 17.8 Å². The van der Waals surface area contributed by atoms with Gasteiger partial charge in [0.2, 0.25) is 5.91 Å². The lowest BCUT2D eigenvalue weighted by Gasteiger charge is -2.25. The molecular formula is C25H29N3O3S. The van der Waals surface area contributed by atoms with E-state index in [9.17, 15) is 4.79 Å². The van der Waals surface area contributed by atoms with Crippen LogP contribution in [0.1, 0.15) is 41.7 Å². The lowest BCUT2D eigenvalue weighted by atomic mass is 9.95. The average molecular weight is 452 g/mol. The maximum atomic E-state index is 12.4. The van der Waals surface area contributed by atoms with Crippen LogP contribution < -0.4 is 20.1 Å². The molecule has 168 valence electrons. The van der Waals surface area contributed by atoms with Gasteiger partial charge in [-0.1, -0.05) is 37.6 Å². The summed E-state index contributed by atoms with van der Waals surface area (Å²) in [6.45, 7) is 8.21. The zero-order valence-corrected chi connectivity index (χ0v) is 19.5. The number of hydrogen-bond acceptors (Lipinski definition) is 6. The lowest BCUT2D eigenvalue weighted by molar-refractivity contribution is -0.115. The molecule has 1 aliphatic rings. The molecule has 0 spiro atoms. The molecule has 6 nitrogen and oxygen atoms in total. The predicted octanol–water partition coefficient (Wildman–Crippen LogP) is 4.89. The second-order valence-corrected chi connectivity index (χ2v) is 9.27. The van der Waals surface area contributed by atoms with E-state index < -0.39 is 0 Å². The molecule has 0 saturated carbocycles. The Kier molecular flexibility index (Phi) is 7.07. The number of carbonyl (C=O) groups is 1. The third-order valence-electron chi connectivity index (χ3n) is 5.34. The van der Waals surface area contributed by atoms with Crippen molar-refractivity contribution in [1.82, 2.24) is 10.3 Å². The first-order valence-corrected chi connectivity index (χ1v) is 11.8. The molecule has 1 aromatic heterocycles. The standard InChI is InChI=1S/C25H29N3O3S/c1-16(2)25(18-6-9-21-22(12-18)31-11-10-30-21)26-14-20-15-32-24(28-20)13-23(29)27-19-7-4-17(3)5-8-19/h4-9,12,15-16,25-26H,10-11,13-14H2,1-3H3,(H,27,29). The Balaban J connectivity index is 1.34. The third kappa shape index (κ3) is 5.66. The Bertz CT molecular complexity index is 1060. The van der Waals surface area contributed by atoms with Crippen LogP contribution in [0.4, 0.5) is 5.69 Å². The van der Waals surface area contributed by atoms with Crippen LogP contribution in [-0.4, -0.2) is 24.1 Å². The first-order chi connectivity index (χ1) is 15.5. The quantitative estimate of drug-likeness (QED) is 0.510. The number of hydrogen-bond donors (Lipinski definition) is 2. The smallest absolute Gasteiger partial charge is 0.231 e. The Labute approximate surface area is 193 Å². The van der Waals surface area contributed by atoms with Crippen LogP contribution in [0.2, 0.25) is 0 Å². The molecule has 1 aliphatic heterocycles. The molecule has 1 unspecified atom stereocenters. The first kappa shape index (κ1) is 22.3. The minimum atomic E-state index is -0.0564. The normalized spacial score (nSPS) is 13.8. The van der Waals surface area contributed by atoms with E-state index in [1.54, 1.807) is 0 Å². The van der Waals surface area contributed by atoms with Crippen LogP contribution in [0.3, 0.4) is 0 Å². The van der Waals surface area contributed by atoms with E-state index in [1.807, 2.05) is 42.6 Å². The molecule has 0 aliphatic carbocycles. The predicted molar refractivity (Wildman–Crippen MR) is 127 cm³/mol. The van der Waals surface area contributed by atoms with Gasteiger partial charge in [-0.2, -0.15) is 0 Å². The van der Waals surface area contributed by atoms with Gasteiger partial charge in [-0.05, 0) is 42.7 Å². The van der Waals surface area contributed by atoms with Crippen molar-refractivity contribution in [3.8, 4) is 11.5 Å². The van der Waals surface area contributed by atoms with Crippen LogP contribution in [0.5, 0.6) is 11.5 Å². The van der Waals surface area contributed by atoms with Crippen LogP contribution in [0.25, 0.3) is 0 Å². The van der Waals surface area contributed by atoms with Crippen LogP contribution >= 0.6 is 11.3 Å². The summed E-state index contributed by atoms with van der Waals surface area (Å²) in [5, 5.41) is 9.37. The molecular weight excluding hydrogens is 422 g/mol. The molecule has 32 heavy (non-hydrogen) atoms. The second kappa shape index (κ2) is 10.1. The van der Waals surface area contributed by atoms with E-state index in [0.717, 1.165) is 39.0 Å². The molecule has 3 aromatic rings. The van der Waals surface area contributed by atoms with Crippen molar-refractivity contribution < 1.29 is 14.3 Å². The zero-order chi connectivity index (χ0) is 22.5. The summed E-state index contributed by atoms with van der Waals surface area (Å²) >= 11 is 1.52. The zero-order valence-electron chi connectivity index (χ0n) is 18.7. The van der Waals surface area contributed by atoms with Crippen molar-refractivity contribution in [1.29, 1.82) is 0 Å². The fourth-order valence-corrected chi connectivity index (χ4v) is 4.49. The minimum absolute atomic E-state index is 0.0564. The number of ether oxygens (including phenoxy) is 2. The molecule has 2 aromatic carbocycles. The Morgan fingerprint density at radius 3 is 2.59 bits per heavy atom. The average Bonchev–Trinajstić information content (AvgIpc) is 3.22. The molecule has 0 saturated heterocycles. The van der Waals surface area contributed by atoms with Gasteiger partial charge in [0.1, 0.15) is 18.2 Å². The highest BCUT2D eigenvalue weighted by Gasteiger charge is 2.20. The van der Waals surface area contributed by atoms with Gasteiger partial charge in [0.25, 0.3) is 0 Å². The van der Waals surface area contributed by atoms with Gasteiger partial charge in [-0.15, -0.1) is 11.3 Å². The molecule has 0 fully saturated rings. The van der Waals surface area contributed by atoms with Gasteiger partial charge >= 0.3 is 0 Å². The van der Waals surface area contributed by atoms with Gasteiger partial charge in [-0.25, -0.2) is 4.98 Å². The summed E-state index contributed by atoms with van der Waals surface area (Å²) in [6.07, 6.45) is 0.272. The summed E-state index contributed by atoms with van der Waals surface area (Å²) in [5.74, 6) is 1.93. The SMILES string of the molecule is Cc1ccc(NC(=O)Cc2nc(CNC(c3ccc4c(c3)OCCO4)C(C)C)cs2)cc1. The second-order valence-electron chi connectivity index (χ2n) is 8.33. The van der Waals surface area contributed by atoms with E-state index in [4.69, 9.17) is 9.47 Å². The molecule has 2 N–H and O–H groups in total. The number of aromatic nitrogens is 1. The highest BCUT2D eigenvalue weighted by Crippen LogP contribution is 2.34.